The lowest BCUT2D eigenvalue weighted by molar-refractivity contribution is 0.114. The first-order valence-corrected chi connectivity index (χ1v) is 10.1. The van der Waals surface area contributed by atoms with Crippen LogP contribution in [0.25, 0.3) is 0 Å². The van der Waals surface area contributed by atoms with Crippen molar-refractivity contribution in [3.8, 4) is 0 Å². The average molecular weight is 494 g/mol. The fourth-order valence-electron chi connectivity index (χ4n) is 4.59. The minimum Gasteiger partial charge on any atom is -0.469 e. The van der Waals surface area contributed by atoms with Crippen LogP contribution in [-0.4, -0.2) is 42.6 Å². The molecule has 0 aliphatic carbocycles. The van der Waals surface area contributed by atoms with E-state index in [1.165, 1.54) is 31.2 Å². The molecule has 1 aromatic carbocycles. The second-order valence-electron chi connectivity index (χ2n) is 7.68. The van der Waals surface area contributed by atoms with Gasteiger partial charge in [0.25, 0.3) is 0 Å². The maximum Gasteiger partial charge on any atom is 0.191 e. The van der Waals surface area contributed by atoms with Crippen molar-refractivity contribution in [3.63, 3.8) is 0 Å². The van der Waals surface area contributed by atoms with Gasteiger partial charge in [-0.2, -0.15) is 0 Å². The van der Waals surface area contributed by atoms with Crippen molar-refractivity contribution >= 4 is 29.9 Å². The molecular weight excluding hydrogens is 463 g/mol. The van der Waals surface area contributed by atoms with E-state index in [1.54, 1.807) is 6.26 Å². The number of nitrogens with zero attached hydrogens (tertiary/aromatic N) is 2. The van der Waals surface area contributed by atoms with Crippen molar-refractivity contribution in [2.45, 2.75) is 56.8 Å². The Hall–Kier alpha value is -1.54. The number of hydrogen-bond donors (Lipinski definition) is 2. The molecule has 0 spiro atoms. The number of nitrogens with one attached hydrogen (secondary N) is 2. The molecule has 2 saturated heterocycles. The van der Waals surface area contributed by atoms with Gasteiger partial charge in [0.1, 0.15) is 5.76 Å². The number of guanidine groups is 1. The van der Waals surface area contributed by atoms with E-state index in [-0.39, 0.29) is 24.0 Å². The fourth-order valence-corrected chi connectivity index (χ4v) is 4.59. The first-order valence-electron chi connectivity index (χ1n) is 10.1. The molecule has 6 heteroatoms. The molecule has 0 radical (unpaired) electrons. The molecule has 152 valence electrons. The van der Waals surface area contributed by atoms with Gasteiger partial charge in [-0.3, -0.25) is 9.89 Å². The maximum absolute atomic E-state index is 5.39. The van der Waals surface area contributed by atoms with Crippen molar-refractivity contribution in [2.24, 2.45) is 4.99 Å². The topological polar surface area (TPSA) is 52.8 Å². The van der Waals surface area contributed by atoms with E-state index in [2.05, 4.69) is 50.9 Å². The largest absolute Gasteiger partial charge is 0.469 e. The summed E-state index contributed by atoms with van der Waals surface area (Å²) in [5.41, 5.74) is 1.43. The van der Waals surface area contributed by atoms with Crippen molar-refractivity contribution in [2.75, 3.05) is 13.6 Å². The summed E-state index contributed by atoms with van der Waals surface area (Å²) >= 11 is 0. The molecule has 0 amide bonds. The Balaban J connectivity index is 0.00000225. The molecular formula is C22H31IN4O. The monoisotopic (exact) mass is 494 g/mol. The summed E-state index contributed by atoms with van der Waals surface area (Å²) < 4.78 is 5.39. The van der Waals surface area contributed by atoms with Gasteiger partial charge in [0.15, 0.2) is 5.96 Å². The van der Waals surface area contributed by atoms with Crippen LogP contribution in [0.5, 0.6) is 0 Å². The zero-order valence-corrected chi connectivity index (χ0v) is 18.8. The summed E-state index contributed by atoms with van der Waals surface area (Å²) in [6.07, 6.45) is 7.63. The average Bonchev–Trinajstić information content (AvgIpc) is 3.28. The van der Waals surface area contributed by atoms with E-state index in [0.29, 0.717) is 18.1 Å². The maximum atomic E-state index is 5.39. The number of hydrogen-bond acceptors (Lipinski definition) is 3. The fraction of sp³-hybridized carbons (Fsp3) is 0.500. The zero-order valence-electron chi connectivity index (χ0n) is 16.5. The van der Waals surface area contributed by atoms with Gasteiger partial charge in [0.2, 0.25) is 0 Å². The highest BCUT2D eigenvalue weighted by molar-refractivity contribution is 14.0. The number of piperidine rings is 1. The molecule has 0 saturated carbocycles. The Morgan fingerprint density at radius 2 is 1.86 bits per heavy atom. The van der Waals surface area contributed by atoms with Crippen LogP contribution in [-0.2, 0) is 13.0 Å². The van der Waals surface area contributed by atoms with E-state index in [0.717, 1.165) is 31.2 Å². The van der Waals surface area contributed by atoms with Crippen molar-refractivity contribution < 1.29 is 4.42 Å². The standard InChI is InChI=1S/C22H30N4O.HI/c1-23-22(24-12-11-21-8-5-13-27-21)25-18-14-19-9-10-20(15-18)26(19)16-17-6-3-2-4-7-17;/h2-8,13,18-20H,9-12,14-16H2,1H3,(H2,23,24,25);1H. The predicted octanol–water partition coefficient (Wildman–Crippen LogP) is 3.80. The molecule has 3 heterocycles. The van der Waals surface area contributed by atoms with Crippen LogP contribution in [0.3, 0.4) is 0 Å². The Labute approximate surface area is 185 Å². The lowest BCUT2D eigenvalue weighted by atomic mass is 9.96. The van der Waals surface area contributed by atoms with E-state index in [1.807, 2.05) is 19.2 Å². The van der Waals surface area contributed by atoms with Gasteiger partial charge in [0.05, 0.1) is 6.26 Å². The number of aliphatic imine (C=N–C) groups is 1. The lowest BCUT2D eigenvalue weighted by Gasteiger charge is -2.39. The molecule has 5 nitrogen and oxygen atoms in total. The van der Waals surface area contributed by atoms with Gasteiger partial charge < -0.3 is 15.1 Å². The Morgan fingerprint density at radius 1 is 1.11 bits per heavy atom. The second kappa shape index (κ2) is 10.3. The zero-order chi connectivity index (χ0) is 18.5. The van der Waals surface area contributed by atoms with E-state index in [4.69, 9.17) is 4.42 Å². The van der Waals surface area contributed by atoms with Crippen LogP contribution >= 0.6 is 24.0 Å². The van der Waals surface area contributed by atoms with Gasteiger partial charge in [0, 0.05) is 44.7 Å². The van der Waals surface area contributed by atoms with E-state index < -0.39 is 0 Å². The van der Waals surface area contributed by atoms with Crippen molar-refractivity contribution in [1.82, 2.24) is 15.5 Å². The quantitative estimate of drug-likeness (QED) is 0.365. The molecule has 2 N–H and O–H groups in total. The van der Waals surface area contributed by atoms with E-state index >= 15 is 0 Å². The van der Waals surface area contributed by atoms with Gasteiger partial charge in [-0.15, -0.1) is 24.0 Å². The second-order valence-corrected chi connectivity index (χ2v) is 7.68. The first-order chi connectivity index (χ1) is 13.3. The Morgan fingerprint density at radius 3 is 2.50 bits per heavy atom. The summed E-state index contributed by atoms with van der Waals surface area (Å²) in [4.78, 5) is 7.13. The summed E-state index contributed by atoms with van der Waals surface area (Å²) in [7, 11) is 1.85. The molecule has 2 atom stereocenters. The molecule has 2 aromatic rings. The third-order valence-corrected chi connectivity index (χ3v) is 5.90. The molecule has 2 aliphatic heterocycles. The third kappa shape index (κ3) is 5.29. The van der Waals surface area contributed by atoms with Crippen LogP contribution < -0.4 is 10.6 Å². The summed E-state index contributed by atoms with van der Waals surface area (Å²) in [5.74, 6) is 1.91. The molecule has 4 rings (SSSR count). The minimum atomic E-state index is 0. The lowest BCUT2D eigenvalue weighted by Crippen LogP contribution is -2.52. The highest BCUT2D eigenvalue weighted by Gasteiger charge is 2.40. The number of halogens is 1. The van der Waals surface area contributed by atoms with Crippen LogP contribution in [0.1, 0.15) is 37.0 Å². The minimum absolute atomic E-state index is 0. The summed E-state index contributed by atoms with van der Waals surface area (Å²) in [6, 6.07) is 16.7. The van der Waals surface area contributed by atoms with Crippen LogP contribution in [0.4, 0.5) is 0 Å². The smallest absolute Gasteiger partial charge is 0.191 e. The molecule has 2 bridgehead atoms. The number of fused-ring (bicyclic) bond motifs is 2. The van der Waals surface area contributed by atoms with Gasteiger partial charge >= 0.3 is 0 Å². The number of furan rings is 1. The van der Waals surface area contributed by atoms with Crippen LogP contribution in [0.15, 0.2) is 58.1 Å². The SMILES string of the molecule is CN=C(NCCc1ccco1)NC1CC2CCC(C1)N2Cc1ccccc1.I. The number of benzene rings is 1. The molecule has 2 aliphatic rings. The Bertz CT molecular complexity index is 720. The van der Waals surface area contributed by atoms with Crippen LogP contribution in [0.2, 0.25) is 0 Å². The highest BCUT2D eigenvalue weighted by atomic mass is 127. The molecule has 1 aromatic heterocycles. The van der Waals surface area contributed by atoms with Crippen molar-refractivity contribution in [1.29, 1.82) is 0 Å². The Kier molecular flexibility index (Phi) is 7.79. The van der Waals surface area contributed by atoms with Crippen molar-refractivity contribution in [3.05, 3.63) is 60.1 Å². The first kappa shape index (κ1) is 21.2. The molecule has 2 fully saturated rings. The molecule has 28 heavy (non-hydrogen) atoms. The van der Waals surface area contributed by atoms with Gasteiger partial charge in [-0.1, -0.05) is 30.3 Å². The van der Waals surface area contributed by atoms with Gasteiger partial charge in [-0.25, -0.2) is 0 Å². The third-order valence-electron chi connectivity index (χ3n) is 5.90. The van der Waals surface area contributed by atoms with E-state index in [9.17, 15) is 0 Å². The highest BCUT2D eigenvalue weighted by Crippen LogP contribution is 2.36. The normalized spacial score (nSPS) is 24.6. The molecule has 2 unspecified atom stereocenters. The summed E-state index contributed by atoms with van der Waals surface area (Å²) in [5, 5.41) is 7.07. The predicted molar refractivity (Wildman–Crippen MR) is 124 cm³/mol. The van der Waals surface area contributed by atoms with Crippen LogP contribution in [0, 0.1) is 0 Å². The van der Waals surface area contributed by atoms with Gasteiger partial charge in [-0.05, 0) is 43.4 Å². The summed E-state index contributed by atoms with van der Waals surface area (Å²) in [6.45, 7) is 1.91. The number of rotatable bonds is 6.